The maximum Gasteiger partial charge on any atom is 0.414 e. The number of carboxylic acid groups (broad SMARTS) is 1. The average Bonchev–Trinajstić information content (AvgIpc) is 2.22. The van der Waals surface area contributed by atoms with Crippen LogP contribution in [0.3, 0.4) is 0 Å². The van der Waals surface area contributed by atoms with Crippen molar-refractivity contribution in [1.29, 1.82) is 0 Å². The van der Waals surface area contributed by atoms with Gasteiger partial charge in [-0.25, -0.2) is 9.69 Å². The van der Waals surface area contributed by atoms with Crippen molar-refractivity contribution in [3.05, 3.63) is 0 Å². The maximum atomic E-state index is 11.5. The summed E-state index contributed by atoms with van der Waals surface area (Å²) in [4.78, 5) is 23.3. The molecule has 1 aliphatic heterocycles. The zero-order valence-electron chi connectivity index (χ0n) is 9.38. The lowest BCUT2D eigenvalue weighted by atomic mass is 9.81. The normalized spacial score (nSPS) is 31.1. The van der Waals surface area contributed by atoms with E-state index in [0.717, 1.165) is 11.3 Å². The highest BCUT2D eigenvalue weighted by Gasteiger charge is 2.58. The molecule has 1 fully saturated rings. The van der Waals surface area contributed by atoms with Gasteiger partial charge < -0.3 is 5.11 Å². The van der Waals surface area contributed by atoms with Crippen LogP contribution in [-0.4, -0.2) is 38.5 Å². The number of amides is 2. The van der Waals surface area contributed by atoms with Crippen LogP contribution in [-0.2, 0) is 4.79 Å². The Morgan fingerprint density at radius 3 is 2.62 bits per heavy atom. The third-order valence-electron chi connectivity index (χ3n) is 3.21. The molecule has 1 saturated heterocycles. The highest BCUT2D eigenvalue weighted by Crippen LogP contribution is 2.40. The summed E-state index contributed by atoms with van der Waals surface area (Å²) in [7, 11) is 0. The van der Waals surface area contributed by atoms with Gasteiger partial charge in [0.1, 0.15) is 4.75 Å². The number of β-lactam (4-membered cyclic amide) rings is 1. The van der Waals surface area contributed by atoms with Crippen LogP contribution in [0.25, 0.3) is 0 Å². The number of nitrogens with zero attached hydrogens (tertiary/aromatic N) is 1. The molecule has 1 unspecified atom stereocenters. The first kappa shape index (κ1) is 13.7. The molecule has 0 saturated carbocycles. The summed E-state index contributed by atoms with van der Waals surface area (Å²) in [5, 5.41) is 8.92. The van der Waals surface area contributed by atoms with Gasteiger partial charge in [0.15, 0.2) is 0 Å². The van der Waals surface area contributed by atoms with Crippen molar-refractivity contribution in [1.82, 2.24) is 4.90 Å². The van der Waals surface area contributed by atoms with Crippen LogP contribution in [0.15, 0.2) is 0 Å². The molecule has 0 radical (unpaired) electrons. The molecule has 16 heavy (non-hydrogen) atoms. The first-order valence-electron chi connectivity index (χ1n) is 5.26. The molecular weight excluding hydrogens is 246 g/mol. The van der Waals surface area contributed by atoms with Gasteiger partial charge in [-0.15, -0.1) is 0 Å². The minimum Gasteiger partial charge on any atom is -0.465 e. The molecule has 0 spiro atoms. The molecule has 3 atom stereocenters. The minimum atomic E-state index is -1.18. The molecule has 1 N–H and O–H groups in total. The van der Waals surface area contributed by atoms with Gasteiger partial charge in [0.05, 0.1) is 6.04 Å². The van der Waals surface area contributed by atoms with Crippen molar-refractivity contribution in [2.24, 2.45) is 5.92 Å². The van der Waals surface area contributed by atoms with Crippen LogP contribution in [0.1, 0.15) is 26.7 Å². The second kappa shape index (κ2) is 4.87. The van der Waals surface area contributed by atoms with E-state index in [-0.39, 0.29) is 6.04 Å². The third kappa shape index (κ3) is 2.18. The number of carbonyl (C=O) groups is 2. The lowest BCUT2D eigenvalue weighted by molar-refractivity contribution is -0.147. The lowest BCUT2D eigenvalue weighted by Crippen LogP contribution is -2.71. The second-order valence-corrected chi connectivity index (χ2v) is 5.61. The first-order chi connectivity index (χ1) is 7.36. The fourth-order valence-corrected chi connectivity index (χ4v) is 2.69. The van der Waals surface area contributed by atoms with Crippen molar-refractivity contribution >= 4 is 37.3 Å². The SMILES string of the molecule is CCC(CS)C[C@@H]1N(C(=O)O)C(=O)[C@@]1(C)S. The molecule has 2 amide bonds. The fraction of sp³-hybridized carbons (Fsp3) is 0.800. The Morgan fingerprint density at radius 2 is 2.25 bits per heavy atom. The van der Waals surface area contributed by atoms with Crippen molar-refractivity contribution in [2.75, 3.05) is 5.75 Å². The number of hydrogen-bond acceptors (Lipinski definition) is 4. The molecule has 4 nitrogen and oxygen atoms in total. The van der Waals surface area contributed by atoms with Gasteiger partial charge in [-0.05, 0) is 25.0 Å². The van der Waals surface area contributed by atoms with Crippen molar-refractivity contribution in [2.45, 2.75) is 37.5 Å². The summed E-state index contributed by atoms with van der Waals surface area (Å²) in [6.45, 7) is 3.70. The molecule has 6 heteroatoms. The number of imide groups is 1. The number of hydrogen-bond donors (Lipinski definition) is 3. The van der Waals surface area contributed by atoms with E-state index in [0.29, 0.717) is 18.1 Å². The zero-order chi connectivity index (χ0) is 12.5. The Hall–Kier alpha value is -0.360. The van der Waals surface area contributed by atoms with Gasteiger partial charge in [-0.2, -0.15) is 25.3 Å². The van der Waals surface area contributed by atoms with E-state index in [2.05, 4.69) is 25.3 Å². The predicted molar refractivity (Wildman–Crippen MR) is 68.3 cm³/mol. The molecule has 1 rings (SSSR count). The zero-order valence-corrected chi connectivity index (χ0v) is 11.2. The lowest BCUT2D eigenvalue weighted by Gasteiger charge is -2.50. The highest BCUT2D eigenvalue weighted by molar-refractivity contribution is 7.83. The Morgan fingerprint density at radius 1 is 1.69 bits per heavy atom. The Balaban J connectivity index is 2.76. The van der Waals surface area contributed by atoms with Crippen LogP contribution in [0.4, 0.5) is 4.79 Å². The molecule has 0 aromatic heterocycles. The van der Waals surface area contributed by atoms with E-state index in [1.807, 2.05) is 6.92 Å². The van der Waals surface area contributed by atoms with Crippen molar-refractivity contribution < 1.29 is 14.7 Å². The summed E-state index contributed by atoms with van der Waals surface area (Å²) < 4.78 is -0.852. The van der Waals surface area contributed by atoms with Gasteiger partial charge in [0.2, 0.25) is 5.91 Å². The largest absolute Gasteiger partial charge is 0.465 e. The van der Waals surface area contributed by atoms with E-state index in [4.69, 9.17) is 5.11 Å². The molecule has 0 aromatic rings. The van der Waals surface area contributed by atoms with E-state index < -0.39 is 16.7 Å². The molecule has 0 bridgehead atoms. The van der Waals surface area contributed by atoms with Gasteiger partial charge in [-0.1, -0.05) is 13.3 Å². The summed E-state index contributed by atoms with van der Waals surface area (Å²) >= 11 is 8.48. The molecule has 0 aromatic carbocycles. The second-order valence-electron chi connectivity index (χ2n) is 4.31. The van der Waals surface area contributed by atoms with Crippen LogP contribution < -0.4 is 0 Å². The Labute approximate surface area is 106 Å². The Kier molecular flexibility index (Phi) is 4.17. The smallest absolute Gasteiger partial charge is 0.414 e. The monoisotopic (exact) mass is 263 g/mol. The van der Waals surface area contributed by atoms with Gasteiger partial charge in [0, 0.05) is 0 Å². The number of thiol groups is 2. The molecule has 0 aliphatic carbocycles. The van der Waals surface area contributed by atoms with Crippen LogP contribution in [0.2, 0.25) is 0 Å². The molecule has 92 valence electrons. The number of likely N-dealkylation sites (tertiary alicyclic amines) is 1. The van der Waals surface area contributed by atoms with Crippen LogP contribution in [0.5, 0.6) is 0 Å². The van der Waals surface area contributed by atoms with E-state index >= 15 is 0 Å². The molecule has 1 heterocycles. The maximum absolute atomic E-state index is 11.5. The summed E-state index contributed by atoms with van der Waals surface area (Å²) in [5.74, 6) is 0.579. The first-order valence-corrected chi connectivity index (χ1v) is 6.34. The molecule has 1 aliphatic rings. The number of rotatable bonds is 4. The topological polar surface area (TPSA) is 57.6 Å². The molecular formula is C10H17NO3S2. The number of carbonyl (C=O) groups excluding carboxylic acids is 1. The van der Waals surface area contributed by atoms with E-state index in [1.165, 1.54) is 0 Å². The quantitative estimate of drug-likeness (QED) is 0.536. The van der Waals surface area contributed by atoms with Crippen molar-refractivity contribution in [3.8, 4) is 0 Å². The third-order valence-corrected chi connectivity index (χ3v) is 4.22. The van der Waals surface area contributed by atoms with Gasteiger partial charge in [0.25, 0.3) is 0 Å². The van der Waals surface area contributed by atoms with Gasteiger partial charge >= 0.3 is 6.09 Å². The highest BCUT2D eigenvalue weighted by atomic mass is 32.1. The standard InChI is InChI=1S/C10H17NO3S2/c1-3-6(5-15)4-7-10(2,16)8(12)11(7)9(13)14/h6-7,15-16H,3-5H2,1-2H3,(H,13,14)/t6?,7-,10-/m0/s1. The Bertz CT molecular complexity index is 302. The predicted octanol–water partition coefficient (Wildman–Crippen LogP) is 1.91. The van der Waals surface area contributed by atoms with Crippen LogP contribution in [0, 0.1) is 5.92 Å². The van der Waals surface area contributed by atoms with E-state index in [9.17, 15) is 9.59 Å². The fourth-order valence-electron chi connectivity index (χ4n) is 1.95. The summed E-state index contributed by atoms with van der Waals surface area (Å²) in [6, 6.07) is -0.335. The van der Waals surface area contributed by atoms with E-state index in [1.54, 1.807) is 6.92 Å². The van der Waals surface area contributed by atoms with Gasteiger partial charge in [-0.3, -0.25) is 4.79 Å². The minimum absolute atomic E-state index is 0.315. The summed E-state index contributed by atoms with van der Waals surface area (Å²) in [5.41, 5.74) is 0. The average molecular weight is 263 g/mol. The van der Waals surface area contributed by atoms with Crippen molar-refractivity contribution in [3.63, 3.8) is 0 Å². The van der Waals surface area contributed by atoms with Crippen LogP contribution >= 0.6 is 25.3 Å². The summed E-state index contributed by atoms with van der Waals surface area (Å²) in [6.07, 6.45) is 0.374.